The number of hydrogen-bond donors (Lipinski definition) is 1. The zero-order valence-electron chi connectivity index (χ0n) is 11.6. The number of benzene rings is 1. The van der Waals surface area contributed by atoms with E-state index in [9.17, 15) is 5.11 Å². The van der Waals surface area contributed by atoms with E-state index in [1.807, 2.05) is 38.1 Å². The van der Waals surface area contributed by atoms with Crippen LogP contribution in [0.4, 0.5) is 0 Å². The minimum absolute atomic E-state index is 0.169. The quantitative estimate of drug-likeness (QED) is 0.874. The molecule has 0 saturated heterocycles. The summed E-state index contributed by atoms with van der Waals surface area (Å²) in [6.45, 7) is 6.28. The fourth-order valence-corrected chi connectivity index (χ4v) is 2.93. The minimum atomic E-state index is -0.349. The van der Waals surface area contributed by atoms with E-state index < -0.39 is 0 Å². The van der Waals surface area contributed by atoms with Crippen molar-refractivity contribution in [3.8, 4) is 5.75 Å². The monoisotopic (exact) mass is 248 g/mol. The molecular weight excluding hydrogens is 224 g/mol. The van der Waals surface area contributed by atoms with Crippen molar-refractivity contribution in [3.05, 3.63) is 29.8 Å². The standard InChI is InChI=1S/C16H24O2/c1-11(2)18-14-8-5-7-13(10-14)16(17)15-9-4-6-12(15)3/h5,7-8,10-12,15-17H,4,6,9H2,1-3H3. The number of hydrogen-bond acceptors (Lipinski definition) is 2. The molecule has 3 atom stereocenters. The summed E-state index contributed by atoms with van der Waals surface area (Å²) in [5, 5.41) is 10.5. The molecule has 1 aliphatic carbocycles. The van der Waals surface area contributed by atoms with Gasteiger partial charge in [0.05, 0.1) is 12.2 Å². The van der Waals surface area contributed by atoms with E-state index in [1.54, 1.807) is 0 Å². The predicted octanol–water partition coefficient (Wildman–Crippen LogP) is 3.94. The van der Waals surface area contributed by atoms with Crippen molar-refractivity contribution in [1.29, 1.82) is 0 Å². The second-order valence-electron chi connectivity index (χ2n) is 5.76. The first-order valence-electron chi connectivity index (χ1n) is 7.02. The molecule has 18 heavy (non-hydrogen) atoms. The maximum Gasteiger partial charge on any atom is 0.120 e. The minimum Gasteiger partial charge on any atom is -0.491 e. The summed E-state index contributed by atoms with van der Waals surface area (Å²) >= 11 is 0. The Morgan fingerprint density at radius 3 is 2.67 bits per heavy atom. The van der Waals surface area contributed by atoms with Gasteiger partial charge in [0, 0.05) is 0 Å². The van der Waals surface area contributed by atoms with Crippen LogP contribution in [0.5, 0.6) is 5.75 Å². The molecule has 1 aliphatic rings. The highest BCUT2D eigenvalue weighted by Gasteiger charge is 2.30. The van der Waals surface area contributed by atoms with E-state index in [-0.39, 0.29) is 12.2 Å². The van der Waals surface area contributed by atoms with Gasteiger partial charge < -0.3 is 9.84 Å². The molecule has 0 bridgehead atoms. The Balaban J connectivity index is 2.12. The maximum absolute atomic E-state index is 10.5. The van der Waals surface area contributed by atoms with E-state index in [0.29, 0.717) is 11.8 Å². The average molecular weight is 248 g/mol. The Bertz CT molecular complexity index is 386. The van der Waals surface area contributed by atoms with Gasteiger partial charge >= 0.3 is 0 Å². The summed E-state index contributed by atoms with van der Waals surface area (Å²) in [6, 6.07) is 7.91. The van der Waals surface area contributed by atoms with Gasteiger partial charge in [-0.25, -0.2) is 0 Å². The molecule has 100 valence electrons. The molecule has 0 heterocycles. The first-order chi connectivity index (χ1) is 8.58. The predicted molar refractivity (Wildman–Crippen MR) is 73.7 cm³/mol. The van der Waals surface area contributed by atoms with Crippen LogP contribution < -0.4 is 4.74 Å². The Kier molecular flexibility index (Phi) is 4.28. The largest absolute Gasteiger partial charge is 0.491 e. The van der Waals surface area contributed by atoms with Gasteiger partial charge in [0.15, 0.2) is 0 Å². The molecule has 0 radical (unpaired) electrons. The summed E-state index contributed by atoms with van der Waals surface area (Å²) in [5.41, 5.74) is 0.993. The highest BCUT2D eigenvalue weighted by atomic mass is 16.5. The molecule has 0 aromatic heterocycles. The Labute approximate surface area is 110 Å². The summed E-state index contributed by atoms with van der Waals surface area (Å²) in [5.74, 6) is 1.88. The third-order valence-corrected chi connectivity index (χ3v) is 3.90. The van der Waals surface area contributed by atoms with Crippen LogP contribution in [-0.2, 0) is 0 Å². The summed E-state index contributed by atoms with van der Waals surface area (Å²) in [7, 11) is 0. The molecule has 0 amide bonds. The zero-order valence-corrected chi connectivity index (χ0v) is 11.6. The molecule has 1 N–H and O–H groups in total. The van der Waals surface area contributed by atoms with Crippen molar-refractivity contribution < 1.29 is 9.84 Å². The average Bonchev–Trinajstić information content (AvgIpc) is 2.74. The first-order valence-corrected chi connectivity index (χ1v) is 7.02. The van der Waals surface area contributed by atoms with E-state index in [2.05, 4.69) is 6.92 Å². The second kappa shape index (κ2) is 5.75. The van der Waals surface area contributed by atoms with Crippen LogP contribution in [0.1, 0.15) is 51.7 Å². The number of aliphatic hydroxyl groups excluding tert-OH is 1. The third kappa shape index (κ3) is 3.05. The molecule has 0 aliphatic heterocycles. The van der Waals surface area contributed by atoms with Gasteiger partial charge in [0.25, 0.3) is 0 Å². The fraction of sp³-hybridized carbons (Fsp3) is 0.625. The van der Waals surface area contributed by atoms with Crippen molar-refractivity contribution in [2.45, 2.75) is 52.2 Å². The molecule has 2 heteroatoms. The van der Waals surface area contributed by atoms with Crippen molar-refractivity contribution in [2.75, 3.05) is 0 Å². The Morgan fingerprint density at radius 1 is 1.28 bits per heavy atom. The van der Waals surface area contributed by atoms with Gasteiger partial charge in [0.2, 0.25) is 0 Å². The van der Waals surface area contributed by atoms with Gasteiger partial charge in [-0.05, 0) is 49.8 Å². The first kappa shape index (κ1) is 13.4. The molecule has 2 nitrogen and oxygen atoms in total. The highest BCUT2D eigenvalue weighted by molar-refractivity contribution is 5.30. The molecule has 1 fully saturated rings. The van der Waals surface area contributed by atoms with Crippen molar-refractivity contribution in [3.63, 3.8) is 0 Å². The fourth-order valence-electron chi connectivity index (χ4n) is 2.93. The zero-order chi connectivity index (χ0) is 13.1. The van der Waals surface area contributed by atoms with Crippen LogP contribution in [0.15, 0.2) is 24.3 Å². The van der Waals surface area contributed by atoms with Gasteiger partial charge in [-0.1, -0.05) is 31.9 Å². The van der Waals surface area contributed by atoms with E-state index in [4.69, 9.17) is 4.74 Å². The Hall–Kier alpha value is -1.02. The lowest BCUT2D eigenvalue weighted by molar-refractivity contribution is 0.0896. The third-order valence-electron chi connectivity index (χ3n) is 3.90. The van der Waals surface area contributed by atoms with E-state index in [0.717, 1.165) is 17.7 Å². The SMILES string of the molecule is CC(C)Oc1cccc(C(O)C2CCCC2C)c1. The van der Waals surface area contributed by atoms with Gasteiger partial charge in [-0.15, -0.1) is 0 Å². The summed E-state index contributed by atoms with van der Waals surface area (Å²) < 4.78 is 5.68. The van der Waals surface area contributed by atoms with Crippen LogP contribution >= 0.6 is 0 Å². The topological polar surface area (TPSA) is 29.5 Å². The lowest BCUT2D eigenvalue weighted by Gasteiger charge is -2.23. The van der Waals surface area contributed by atoms with Crippen molar-refractivity contribution in [1.82, 2.24) is 0 Å². The van der Waals surface area contributed by atoms with Gasteiger partial charge in [-0.3, -0.25) is 0 Å². The number of ether oxygens (including phenoxy) is 1. The number of aliphatic hydroxyl groups is 1. The van der Waals surface area contributed by atoms with Gasteiger partial charge in [0.1, 0.15) is 5.75 Å². The molecule has 1 aromatic rings. The van der Waals surface area contributed by atoms with Crippen molar-refractivity contribution in [2.24, 2.45) is 11.8 Å². The van der Waals surface area contributed by atoms with Crippen LogP contribution in [0.3, 0.4) is 0 Å². The molecule has 1 aromatic carbocycles. The summed E-state index contributed by atoms with van der Waals surface area (Å²) in [6.07, 6.45) is 3.44. The van der Waals surface area contributed by atoms with E-state index >= 15 is 0 Å². The molecular formula is C16H24O2. The lowest BCUT2D eigenvalue weighted by atomic mass is 9.88. The smallest absolute Gasteiger partial charge is 0.120 e. The molecule has 0 spiro atoms. The van der Waals surface area contributed by atoms with Gasteiger partial charge in [-0.2, -0.15) is 0 Å². The second-order valence-corrected chi connectivity index (χ2v) is 5.76. The van der Waals surface area contributed by atoms with Crippen molar-refractivity contribution >= 4 is 0 Å². The molecule has 3 unspecified atom stereocenters. The lowest BCUT2D eigenvalue weighted by Crippen LogP contribution is -2.15. The number of rotatable bonds is 4. The highest BCUT2D eigenvalue weighted by Crippen LogP contribution is 2.40. The summed E-state index contributed by atoms with van der Waals surface area (Å²) in [4.78, 5) is 0. The molecule has 1 saturated carbocycles. The Morgan fingerprint density at radius 2 is 2.06 bits per heavy atom. The normalized spacial score (nSPS) is 25.4. The maximum atomic E-state index is 10.5. The molecule has 2 rings (SSSR count). The van der Waals surface area contributed by atoms with Crippen LogP contribution in [0.25, 0.3) is 0 Å². The van der Waals surface area contributed by atoms with Crippen LogP contribution in [-0.4, -0.2) is 11.2 Å². The van der Waals surface area contributed by atoms with Crippen LogP contribution in [0, 0.1) is 11.8 Å². The van der Waals surface area contributed by atoms with E-state index in [1.165, 1.54) is 12.8 Å². The van der Waals surface area contributed by atoms with Crippen LogP contribution in [0.2, 0.25) is 0 Å².